The lowest BCUT2D eigenvalue weighted by molar-refractivity contribution is 1.07. The van der Waals surface area contributed by atoms with Crippen molar-refractivity contribution < 1.29 is 0 Å². The first-order chi connectivity index (χ1) is 12.2. The van der Waals surface area contributed by atoms with E-state index in [4.69, 9.17) is 17.3 Å². The molecule has 0 bridgehead atoms. The molecule has 25 heavy (non-hydrogen) atoms. The summed E-state index contributed by atoms with van der Waals surface area (Å²) in [5.41, 5.74) is 10.1. The van der Waals surface area contributed by atoms with E-state index in [9.17, 15) is 0 Å². The van der Waals surface area contributed by atoms with Crippen LogP contribution in [0.4, 0.5) is 5.69 Å². The van der Waals surface area contributed by atoms with E-state index in [-0.39, 0.29) is 0 Å². The van der Waals surface area contributed by atoms with Crippen LogP contribution >= 0.6 is 11.6 Å². The van der Waals surface area contributed by atoms with Crippen molar-refractivity contribution in [3.8, 4) is 0 Å². The van der Waals surface area contributed by atoms with E-state index < -0.39 is 0 Å². The highest BCUT2D eigenvalue weighted by Gasteiger charge is 1.97. The number of nitrogens with zero attached hydrogens (tertiary/aromatic N) is 2. The van der Waals surface area contributed by atoms with E-state index in [1.807, 2.05) is 42.6 Å². The van der Waals surface area contributed by atoms with E-state index in [0.29, 0.717) is 10.9 Å². The summed E-state index contributed by atoms with van der Waals surface area (Å²) in [6, 6.07) is 21.5. The molecule has 0 saturated carbocycles. The van der Waals surface area contributed by atoms with Crippen molar-refractivity contribution >= 4 is 29.2 Å². The van der Waals surface area contributed by atoms with Crippen molar-refractivity contribution in [3.63, 3.8) is 0 Å². The molecule has 0 aliphatic heterocycles. The zero-order valence-corrected chi connectivity index (χ0v) is 14.4. The van der Waals surface area contributed by atoms with E-state index in [2.05, 4.69) is 34.2 Å². The summed E-state index contributed by atoms with van der Waals surface area (Å²) >= 11 is 5.86. The molecule has 0 aliphatic carbocycles. The van der Waals surface area contributed by atoms with Crippen molar-refractivity contribution in [3.05, 3.63) is 101 Å². The fraction of sp³-hybridized carbons (Fsp3) is 0.0476. The molecular formula is C21H18ClN3. The fourth-order valence-electron chi connectivity index (χ4n) is 2.34. The molecule has 0 amide bonds. The van der Waals surface area contributed by atoms with Gasteiger partial charge in [-0.3, -0.25) is 4.98 Å². The number of benzene rings is 2. The molecule has 0 aliphatic rings. The monoisotopic (exact) mass is 347 g/mol. The maximum Gasteiger partial charge on any atom is 0.124 e. The van der Waals surface area contributed by atoms with Gasteiger partial charge in [-0.15, -0.1) is 0 Å². The predicted molar refractivity (Wildman–Crippen MR) is 105 cm³/mol. The van der Waals surface area contributed by atoms with Crippen molar-refractivity contribution in [1.82, 2.24) is 4.98 Å². The minimum atomic E-state index is 0.444. The molecule has 0 radical (unpaired) electrons. The lowest BCUT2D eigenvalue weighted by atomic mass is 10.1. The molecule has 4 heteroatoms. The third-order valence-corrected chi connectivity index (χ3v) is 3.87. The Hall–Kier alpha value is -2.91. The van der Waals surface area contributed by atoms with Crippen LogP contribution in [0.15, 0.2) is 84.0 Å². The van der Waals surface area contributed by atoms with E-state index in [1.54, 1.807) is 18.2 Å². The number of rotatable bonds is 5. The van der Waals surface area contributed by atoms with Crippen molar-refractivity contribution in [2.75, 3.05) is 0 Å². The Morgan fingerprint density at radius 2 is 1.76 bits per heavy atom. The number of amidine groups is 1. The van der Waals surface area contributed by atoms with Gasteiger partial charge in [-0.1, -0.05) is 48.0 Å². The molecule has 3 rings (SSSR count). The van der Waals surface area contributed by atoms with E-state index >= 15 is 0 Å². The van der Waals surface area contributed by atoms with Gasteiger partial charge < -0.3 is 5.73 Å². The first-order valence-electron chi connectivity index (χ1n) is 7.96. The van der Waals surface area contributed by atoms with Gasteiger partial charge in [0.25, 0.3) is 0 Å². The number of aliphatic imine (C=N–C) groups is 1. The smallest absolute Gasteiger partial charge is 0.124 e. The molecule has 0 spiro atoms. The average molecular weight is 348 g/mol. The van der Waals surface area contributed by atoms with Gasteiger partial charge in [-0.25, -0.2) is 4.99 Å². The lowest BCUT2D eigenvalue weighted by Crippen LogP contribution is -2.06. The Balaban J connectivity index is 1.64. The molecule has 1 heterocycles. The van der Waals surface area contributed by atoms with Crippen LogP contribution < -0.4 is 5.73 Å². The SMILES string of the molecule is NC(C=Cc1ccc(Cc2ccccn2)cc1)=Nc1ccc(Cl)cc1. The summed E-state index contributed by atoms with van der Waals surface area (Å²) in [7, 11) is 0. The molecule has 0 atom stereocenters. The van der Waals surface area contributed by atoms with Crippen LogP contribution in [-0.4, -0.2) is 10.8 Å². The van der Waals surface area contributed by atoms with E-state index in [0.717, 1.165) is 23.4 Å². The highest BCUT2D eigenvalue weighted by molar-refractivity contribution is 6.30. The zero-order valence-electron chi connectivity index (χ0n) is 13.6. The predicted octanol–water partition coefficient (Wildman–Crippen LogP) is 5.03. The molecule has 2 aromatic carbocycles. The number of hydrogen-bond acceptors (Lipinski definition) is 2. The fourth-order valence-corrected chi connectivity index (χ4v) is 2.47. The van der Waals surface area contributed by atoms with Crippen molar-refractivity contribution in [1.29, 1.82) is 0 Å². The van der Waals surface area contributed by atoms with Gasteiger partial charge >= 0.3 is 0 Å². The van der Waals surface area contributed by atoms with Gasteiger partial charge in [0.05, 0.1) is 5.69 Å². The van der Waals surface area contributed by atoms with Crippen LogP contribution in [-0.2, 0) is 6.42 Å². The largest absolute Gasteiger partial charge is 0.384 e. The minimum Gasteiger partial charge on any atom is -0.384 e. The Morgan fingerprint density at radius 3 is 2.44 bits per heavy atom. The average Bonchev–Trinajstić information content (AvgIpc) is 2.64. The van der Waals surface area contributed by atoms with Gasteiger partial charge in [-0.2, -0.15) is 0 Å². The molecule has 124 valence electrons. The quantitative estimate of drug-likeness (QED) is 0.520. The van der Waals surface area contributed by atoms with Gasteiger partial charge in [0.15, 0.2) is 0 Å². The van der Waals surface area contributed by atoms with Crippen LogP contribution in [0.25, 0.3) is 6.08 Å². The van der Waals surface area contributed by atoms with Gasteiger partial charge in [0.2, 0.25) is 0 Å². The molecule has 3 aromatic rings. The van der Waals surface area contributed by atoms with Crippen LogP contribution in [0, 0.1) is 0 Å². The van der Waals surface area contributed by atoms with Crippen LogP contribution in [0.5, 0.6) is 0 Å². The van der Waals surface area contributed by atoms with Crippen LogP contribution in [0.2, 0.25) is 5.02 Å². The molecule has 2 N–H and O–H groups in total. The maximum atomic E-state index is 5.95. The van der Waals surface area contributed by atoms with Crippen molar-refractivity contribution in [2.24, 2.45) is 10.7 Å². The number of pyridine rings is 1. The van der Waals surface area contributed by atoms with Gasteiger partial charge in [-0.05, 0) is 53.6 Å². The summed E-state index contributed by atoms with van der Waals surface area (Å²) in [5.74, 6) is 0.444. The number of hydrogen-bond donors (Lipinski definition) is 1. The Bertz CT molecular complexity index is 867. The molecular weight excluding hydrogens is 330 g/mol. The van der Waals surface area contributed by atoms with Crippen LogP contribution in [0.3, 0.4) is 0 Å². The number of aromatic nitrogens is 1. The summed E-state index contributed by atoms with van der Waals surface area (Å²) in [4.78, 5) is 8.68. The highest BCUT2D eigenvalue weighted by Crippen LogP contribution is 2.16. The molecule has 0 saturated heterocycles. The maximum absolute atomic E-state index is 5.95. The van der Waals surface area contributed by atoms with E-state index in [1.165, 1.54) is 5.56 Å². The summed E-state index contributed by atoms with van der Waals surface area (Å²) in [5, 5.41) is 0.679. The third-order valence-electron chi connectivity index (χ3n) is 3.62. The Kier molecular flexibility index (Phi) is 5.60. The Morgan fingerprint density at radius 1 is 1.00 bits per heavy atom. The molecule has 0 unspecified atom stereocenters. The normalized spacial score (nSPS) is 11.8. The number of halogens is 1. The summed E-state index contributed by atoms with van der Waals surface area (Å²) < 4.78 is 0. The molecule has 1 aromatic heterocycles. The summed E-state index contributed by atoms with van der Waals surface area (Å²) in [6.07, 6.45) is 6.38. The second kappa shape index (κ2) is 8.27. The summed E-state index contributed by atoms with van der Waals surface area (Å²) in [6.45, 7) is 0. The third kappa shape index (κ3) is 5.30. The molecule has 0 fully saturated rings. The standard InChI is InChI=1S/C21H18ClN3/c22-18-9-11-19(12-10-18)25-21(23)13-8-16-4-6-17(7-5-16)15-20-3-1-2-14-24-20/h1-14H,15H2,(H2,23,25). The lowest BCUT2D eigenvalue weighted by Gasteiger charge is -2.02. The van der Waals surface area contributed by atoms with Crippen LogP contribution in [0.1, 0.15) is 16.8 Å². The van der Waals surface area contributed by atoms with Crippen molar-refractivity contribution in [2.45, 2.75) is 6.42 Å². The Labute approximate surface area is 152 Å². The second-order valence-electron chi connectivity index (χ2n) is 5.59. The first kappa shape index (κ1) is 16.9. The van der Waals surface area contributed by atoms with Gasteiger partial charge in [0, 0.05) is 23.3 Å². The topological polar surface area (TPSA) is 51.3 Å². The molecule has 3 nitrogen and oxygen atoms in total. The first-order valence-corrected chi connectivity index (χ1v) is 8.33. The second-order valence-corrected chi connectivity index (χ2v) is 6.02. The minimum absolute atomic E-state index is 0.444. The van der Waals surface area contributed by atoms with Gasteiger partial charge in [0.1, 0.15) is 5.84 Å². The zero-order chi connectivity index (χ0) is 17.5. The highest BCUT2D eigenvalue weighted by atomic mass is 35.5. The number of nitrogens with two attached hydrogens (primary N) is 1.